The van der Waals surface area contributed by atoms with Crippen molar-refractivity contribution >= 4 is 6.09 Å². The maximum absolute atomic E-state index is 11.7. The summed E-state index contributed by atoms with van der Waals surface area (Å²) >= 11 is 0. The van der Waals surface area contributed by atoms with Crippen molar-refractivity contribution in [3.05, 3.63) is 0 Å². The Kier molecular flexibility index (Phi) is 4.12. The van der Waals surface area contributed by atoms with Crippen molar-refractivity contribution in [2.45, 2.75) is 44.8 Å². The molecule has 0 aromatic heterocycles. The fraction of sp³-hybridized carbons (Fsp3) is 0.923. The summed E-state index contributed by atoms with van der Waals surface area (Å²) in [5.41, 5.74) is 0.0485. The number of ether oxygens (including phenoxy) is 1. The maximum atomic E-state index is 11.7. The van der Waals surface area contributed by atoms with Gasteiger partial charge in [-0.25, -0.2) is 4.79 Å². The molecule has 2 fully saturated rings. The second kappa shape index (κ2) is 5.45. The van der Waals surface area contributed by atoms with E-state index in [4.69, 9.17) is 4.74 Å². The number of carbonyl (C=O) groups is 1. The largest absolute Gasteiger partial charge is 0.450 e. The molecular formula is C13H24N2O3. The van der Waals surface area contributed by atoms with Crippen LogP contribution in [0.4, 0.5) is 4.79 Å². The number of likely N-dealkylation sites (tertiary alicyclic amines) is 2. The highest BCUT2D eigenvalue weighted by Crippen LogP contribution is 2.30. The van der Waals surface area contributed by atoms with Gasteiger partial charge in [0.05, 0.1) is 12.7 Å². The Bertz CT molecular complexity index is 303. The molecule has 1 amide bonds. The third-order valence-electron chi connectivity index (χ3n) is 4.21. The van der Waals surface area contributed by atoms with E-state index in [9.17, 15) is 9.90 Å². The molecule has 1 atom stereocenters. The fourth-order valence-electron chi connectivity index (χ4n) is 2.98. The second-order valence-electron chi connectivity index (χ2n) is 5.59. The van der Waals surface area contributed by atoms with E-state index in [1.54, 1.807) is 4.90 Å². The van der Waals surface area contributed by atoms with Gasteiger partial charge in [-0.05, 0) is 33.1 Å². The lowest BCUT2D eigenvalue weighted by atomic mass is 9.95. The van der Waals surface area contributed by atoms with Crippen LogP contribution in [0.15, 0.2) is 0 Å². The van der Waals surface area contributed by atoms with Crippen molar-refractivity contribution in [1.82, 2.24) is 9.80 Å². The average Bonchev–Trinajstić information content (AvgIpc) is 2.74. The molecule has 0 saturated carbocycles. The van der Waals surface area contributed by atoms with Crippen LogP contribution in [0.3, 0.4) is 0 Å². The molecule has 0 radical (unpaired) electrons. The third-order valence-corrected chi connectivity index (χ3v) is 4.21. The first-order chi connectivity index (χ1) is 8.55. The van der Waals surface area contributed by atoms with Gasteiger partial charge in [0, 0.05) is 31.7 Å². The molecule has 0 spiro atoms. The standard InChI is InChI=1S/C13H24N2O3/c1-3-18-12(17)14-9-6-13(2,10-14)15-7-4-11(16)5-8-15/h11,16H,3-10H2,1-2H3/t13-/m0/s1. The fourth-order valence-corrected chi connectivity index (χ4v) is 2.98. The summed E-state index contributed by atoms with van der Waals surface area (Å²) in [4.78, 5) is 15.9. The van der Waals surface area contributed by atoms with Crippen LogP contribution in [-0.4, -0.2) is 65.4 Å². The van der Waals surface area contributed by atoms with Crippen LogP contribution in [0, 0.1) is 0 Å². The number of hydrogen-bond acceptors (Lipinski definition) is 4. The van der Waals surface area contributed by atoms with E-state index in [-0.39, 0.29) is 17.7 Å². The molecule has 0 bridgehead atoms. The SMILES string of the molecule is CCOC(=O)N1CC[C@](C)(N2CCC(O)CC2)C1. The minimum absolute atomic E-state index is 0.0485. The minimum Gasteiger partial charge on any atom is -0.450 e. The molecule has 2 aliphatic rings. The first kappa shape index (κ1) is 13.6. The lowest BCUT2D eigenvalue weighted by Crippen LogP contribution is -2.52. The molecule has 0 unspecified atom stereocenters. The van der Waals surface area contributed by atoms with Gasteiger partial charge in [-0.1, -0.05) is 0 Å². The van der Waals surface area contributed by atoms with Crippen LogP contribution in [-0.2, 0) is 4.74 Å². The zero-order valence-electron chi connectivity index (χ0n) is 11.4. The number of piperidine rings is 1. The van der Waals surface area contributed by atoms with Crippen LogP contribution in [0.5, 0.6) is 0 Å². The molecule has 104 valence electrons. The molecule has 2 saturated heterocycles. The number of aliphatic hydroxyl groups is 1. The van der Waals surface area contributed by atoms with Crippen molar-refractivity contribution in [1.29, 1.82) is 0 Å². The molecule has 5 heteroatoms. The quantitative estimate of drug-likeness (QED) is 0.803. The molecule has 5 nitrogen and oxygen atoms in total. The van der Waals surface area contributed by atoms with Gasteiger partial charge in [0.1, 0.15) is 0 Å². The smallest absolute Gasteiger partial charge is 0.409 e. The highest BCUT2D eigenvalue weighted by molar-refractivity contribution is 5.68. The molecule has 2 rings (SSSR count). The van der Waals surface area contributed by atoms with E-state index in [1.807, 2.05) is 6.92 Å². The Morgan fingerprint density at radius 3 is 2.67 bits per heavy atom. The summed E-state index contributed by atoms with van der Waals surface area (Å²) in [6, 6.07) is 0. The van der Waals surface area contributed by atoms with Crippen LogP contribution in [0.2, 0.25) is 0 Å². The van der Waals surface area contributed by atoms with Crippen LogP contribution in [0.1, 0.15) is 33.1 Å². The zero-order valence-corrected chi connectivity index (χ0v) is 11.4. The average molecular weight is 256 g/mol. The summed E-state index contributed by atoms with van der Waals surface area (Å²) in [5, 5.41) is 9.55. The third kappa shape index (κ3) is 2.78. The highest BCUT2D eigenvalue weighted by atomic mass is 16.6. The summed E-state index contributed by atoms with van der Waals surface area (Å²) in [6.07, 6.45) is 2.33. The minimum atomic E-state index is -0.196. The van der Waals surface area contributed by atoms with Gasteiger partial charge >= 0.3 is 6.09 Å². The Labute approximate surface area is 109 Å². The van der Waals surface area contributed by atoms with Crippen molar-refractivity contribution in [3.63, 3.8) is 0 Å². The van der Waals surface area contributed by atoms with Gasteiger partial charge in [0.25, 0.3) is 0 Å². The van der Waals surface area contributed by atoms with E-state index in [1.165, 1.54) is 0 Å². The van der Waals surface area contributed by atoms with E-state index in [0.29, 0.717) is 6.61 Å². The predicted molar refractivity (Wildman–Crippen MR) is 68.4 cm³/mol. The number of aliphatic hydroxyl groups excluding tert-OH is 1. The monoisotopic (exact) mass is 256 g/mol. The summed E-state index contributed by atoms with van der Waals surface area (Å²) < 4.78 is 5.05. The zero-order chi connectivity index (χ0) is 13.2. The van der Waals surface area contributed by atoms with Gasteiger partial charge in [-0.15, -0.1) is 0 Å². The van der Waals surface area contributed by atoms with E-state index in [0.717, 1.165) is 45.4 Å². The van der Waals surface area contributed by atoms with Crippen LogP contribution < -0.4 is 0 Å². The topological polar surface area (TPSA) is 53.0 Å². The van der Waals surface area contributed by atoms with E-state index in [2.05, 4.69) is 11.8 Å². The lowest BCUT2D eigenvalue weighted by molar-refractivity contribution is 0.0255. The lowest BCUT2D eigenvalue weighted by Gasteiger charge is -2.41. The number of hydrogen-bond donors (Lipinski definition) is 1. The molecule has 1 N–H and O–H groups in total. The van der Waals surface area contributed by atoms with Gasteiger partial charge < -0.3 is 14.7 Å². The number of amides is 1. The number of carbonyl (C=O) groups excluding carboxylic acids is 1. The van der Waals surface area contributed by atoms with Gasteiger partial charge in [-0.2, -0.15) is 0 Å². The Hall–Kier alpha value is -0.810. The molecule has 0 aliphatic carbocycles. The van der Waals surface area contributed by atoms with Gasteiger partial charge in [-0.3, -0.25) is 4.90 Å². The predicted octanol–water partition coefficient (Wildman–Crippen LogP) is 1.06. The molecule has 2 heterocycles. The summed E-state index contributed by atoms with van der Waals surface area (Å²) in [7, 11) is 0. The van der Waals surface area contributed by atoms with Crippen molar-refractivity contribution < 1.29 is 14.6 Å². The second-order valence-corrected chi connectivity index (χ2v) is 5.59. The normalized spacial score (nSPS) is 30.7. The van der Waals surface area contributed by atoms with E-state index < -0.39 is 0 Å². The van der Waals surface area contributed by atoms with Crippen molar-refractivity contribution in [3.8, 4) is 0 Å². The number of rotatable bonds is 2. The van der Waals surface area contributed by atoms with Gasteiger partial charge in [0.2, 0.25) is 0 Å². The van der Waals surface area contributed by atoms with E-state index >= 15 is 0 Å². The first-order valence-corrected chi connectivity index (χ1v) is 6.90. The molecular weight excluding hydrogens is 232 g/mol. The Morgan fingerprint density at radius 1 is 1.39 bits per heavy atom. The molecule has 0 aromatic rings. The van der Waals surface area contributed by atoms with Crippen LogP contribution >= 0.6 is 0 Å². The Morgan fingerprint density at radius 2 is 2.06 bits per heavy atom. The molecule has 0 aromatic carbocycles. The highest BCUT2D eigenvalue weighted by Gasteiger charge is 2.42. The Balaban J connectivity index is 1.91. The number of nitrogens with zero attached hydrogens (tertiary/aromatic N) is 2. The molecule has 2 aliphatic heterocycles. The van der Waals surface area contributed by atoms with Gasteiger partial charge in [0.15, 0.2) is 0 Å². The molecule has 18 heavy (non-hydrogen) atoms. The summed E-state index contributed by atoms with van der Waals surface area (Å²) in [5.74, 6) is 0. The van der Waals surface area contributed by atoms with Crippen LogP contribution in [0.25, 0.3) is 0 Å². The first-order valence-electron chi connectivity index (χ1n) is 6.90. The maximum Gasteiger partial charge on any atom is 0.409 e. The van der Waals surface area contributed by atoms with Crippen molar-refractivity contribution in [2.24, 2.45) is 0 Å². The summed E-state index contributed by atoms with van der Waals surface area (Å²) in [6.45, 7) is 7.84. The van der Waals surface area contributed by atoms with Crippen molar-refractivity contribution in [2.75, 3.05) is 32.8 Å².